The Kier molecular flexibility index (Phi) is 10.9. The van der Waals surface area contributed by atoms with Crippen LogP contribution in [-0.2, 0) is 16.0 Å². The van der Waals surface area contributed by atoms with E-state index in [2.05, 4.69) is 32.8 Å². The molecule has 1 aliphatic rings. The largest absolute Gasteiger partial charge is 0.359 e. The fraction of sp³-hybridized carbons (Fsp3) is 0.550. The van der Waals surface area contributed by atoms with Crippen molar-refractivity contribution in [2.45, 2.75) is 32.6 Å². The molecule has 28 heavy (non-hydrogen) atoms. The van der Waals surface area contributed by atoms with Gasteiger partial charge in [0.1, 0.15) is 0 Å². The van der Waals surface area contributed by atoms with Crippen LogP contribution in [0, 0.1) is 5.92 Å². The Morgan fingerprint density at radius 1 is 1.21 bits per heavy atom. The van der Waals surface area contributed by atoms with Crippen molar-refractivity contribution < 1.29 is 9.59 Å². The number of guanidine groups is 1. The van der Waals surface area contributed by atoms with Crippen LogP contribution < -0.4 is 16.0 Å². The van der Waals surface area contributed by atoms with Gasteiger partial charge in [0.2, 0.25) is 11.8 Å². The van der Waals surface area contributed by atoms with Crippen LogP contribution in [0.15, 0.2) is 29.3 Å². The lowest BCUT2D eigenvalue weighted by Crippen LogP contribution is -2.47. The van der Waals surface area contributed by atoms with E-state index in [1.54, 1.807) is 14.1 Å². The fourth-order valence-electron chi connectivity index (χ4n) is 3.28. The van der Waals surface area contributed by atoms with Gasteiger partial charge in [-0.25, -0.2) is 0 Å². The van der Waals surface area contributed by atoms with Crippen molar-refractivity contribution in [2.24, 2.45) is 10.9 Å². The van der Waals surface area contributed by atoms with Crippen LogP contribution in [0.3, 0.4) is 0 Å². The van der Waals surface area contributed by atoms with Crippen LogP contribution in [0.1, 0.15) is 31.7 Å². The van der Waals surface area contributed by atoms with E-state index in [0.717, 1.165) is 44.0 Å². The first-order valence-corrected chi connectivity index (χ1v) is 9.60. The zero-order valence-corrected chi connectivity index (χ0v) is 19.3. The molecule has 0 saturated carbocycles. The summed E-state index contributed by atoms with van der Waals surface area (Å²) in [4.78, 5) is 30.2. The highest BCUT2D eigenvalue weighted by Crippen LogP contribution is 2.20. The summed E-state index contributed by atoms with van der Waals surface area (Å²) in [6, 6.07) is 7.88. The Balaban J connectivity index is 0.00000392. The Hall–Kier alpha value is -1.84. The minimum Gasteiger partial charge on any atom is -0.359 e. The number of carbonyl (C=O) groups excluding carboxylic acids is 2. The molecule has 0 unspecified atom stereocenters. The number of nitrogens with one attached hydrogen (secondary N) is 3. The van der Waals surface area contributed by atoms with Crippen molar-refractivity contribution in [2.75, 3.05) is 39.0 Å². The molecule has 7 nitrogen and oxygen atoms in total. The second-order valence-electron chi connectivity index (χ2n) is 6.81. The molecule has 2 amide bonds. The normalized spacial score (nSPS) is 14.8. The average Bonchev–Trinajstić information content (AvgIpc) is 2.69. The first kappa shape index (κ1) is 24.2. The number of hydrogen-bond donors (Lipinski definition) is 3. The second kappa shape index (κ2) is 12.6. The maximum absolute atomic E-state index is 12.2. The van der Waals surface area contributed by atoms with E-state index in [9.17, 15) is 9.59 Å². The average molecular weight is 501 g/mol. The summed E-state index contributed by atoms with van der Waals surface area (Å²) >= 11 is 0. The van der Waals surface area contributed by atoms with E-state index in [4.69, 9.17) is 0 Å². The molecule has 0 spiro atoms. The minimum absolute atomic E-state index is 0. The number of carbonyl (C=O) groups is 2. The molecule has 1 saturated heterocycles. The molecule has 0 radical (unpaired) electrons. The van der Waals surface area contributed by atoms with E-state index in [0.29, 0.717) is 12.3 Å². The number of aliphatic imine (C=N–C) groups is 1. The SMILES string of the molecule is CCc1cccc(NC(=O)CNC(=NC)N2CCC(CC(=O)NC)CC2)c1.I. The third-order valence-corrected chi connectivity index (χ3v) is 4.90. The molecule has 0 atom stereocenters. The Morgan fingerprint density at radius 3 is 2.54 bits per heavy atom. The summed E-state index contributed by atoms with van der Waals surface area (Å²) < 4.78 is 0. The monoisotopic (exact) mass is 501 g/mol. The molecule has 1 fully saturated rings. The molecule has 156 valence electrons. The van der Waals surface area contributed by atoms with Crippen LogP contribution >= 0.6 is 24.0 Å². The second-order valence-corrected chi connectivity index (χ2v) is 6.81. The number of halogens is 1. The highest BCUT2D eigenvalue weighted by Gasteiger charge is 2.23. The maximum Gasteiger partial charge on any atom is 0.243 e. The standard InChI is InChI=1S/C20H31N5O2.HI/c1-4-15-6-5-7-17(12-15)24-19(27)14-23-20(22-3)25-10-8-16(9-11-25)13-18(26)21-2;/h5-7,12,16H,4,8-11,13-14H2,1-3H3,(H,21,26)(H,22,23)(H,24,27);1H. The van der Waals surface area contributed by atoms with E-state index < -0.39 is 0 Å². The summed E-state index contributed by atoms with van der Waals surface area (Å²) in [5, 5.41) is 8.74. The van der Waals surface area contributed by atoms with Gasteiger partial charge in [-0.05, 0) is 42.9 Å². The maximum atomic E-state index is 12.2. The smallest absolute Gasteiger partial charge is 0.243 e. The van der Waals surface area contributed by atoms with Crippen LogP contribution in [-0.4, -0.2) is 56.4 Å². The van der Waals surface area contributed by atoms with Gasteiger partial charge in [0.05, 0.1) is 6.54 Å². The molecular formula is C20H32IN5O2. The number of aryl methyl sites for hydroxylation is 1. The van der Waals surface area contributed by atoms with Crippen molar-refractivity contribution >= 4 is 47.4 Å². The van der Waals surface area contributed by atoms with Crippen LogP contribution in [0.4, 0.5) is 5.69 Å². The van der Waals surface area contributed by atoms with E-state index >= 15 is 0 Å². The highest BCUT2D eigenvalue weighted by atomic mass is 127. The predicted molar refractivity (Wildman–Crippen MR) is 124 cm³/mol. The molecule has 0 aromatic heterocycles. The topological polar surface area (TPSA) is 85.8 Å². The lowest BCUT2D eigenvalue weighted by Gasteiger charge is -2.33. The van der Waals surface area contributed by atoms with E-state index in [1.165, 1.54) is 5.56 Å². The third kappa shape index (κ3) is 7.65. The zero-order chi connectivity index (χ0) is 19.6. The van der Waals surface area contributed by atoms with Gasteiger partial charge < -0.3 is 20.9 Å². The Bertz CT molecular complexity index is 672. The van der Waals surface area contributed by atoms with Crippen molar-refractivity contribution in [3.63, 3.8) is 0 Å². The van der Waals surface area contributed by atoms with Gasteiger partial charge in [0, 0.05) is 39.3 Å². The Labute approximate surface area is 184 Å². The molecular weight excluding hydrogens is 469 g/mol. The number of hydrogen-bond acceptors (Lipinski definition) is 3. The van der Waals surface area contributed by atoms with Gasteiger partial charge in [-0.15, -0.1) is 24.0 Å². The van der Waals surface area contributed by atoms with Crippen LogP contribution in [0.5, 0.6) is 0 Å². The Morgan fingerprint density at radius 2 is 1.93 bits per heavy atom. The predicted octanol–water partition coefficient (Wildman–Crippen LogP) is 2.23. The first-order chi connectivity index (χ1) is 13.0. The van der Waals surface area contributed by atoms with Gasteiger partial charge in [-0.2, -0.15) is 0 Å². The molecule has 0 bridgehead atoms. The third-order valence-electron chi connectivity index (χ3n) is 4.90. The van der Waals surface area contributed by atoms with E-state index in [1.807, 2.05) is 24.3 Å². The van der Waals surface area contributed by atoms with Gasteiger partial charge in [-0.1, -0.05) is 19.1 Å². The number of piperidine rings is 1. The molecule has 0 aliphatic carbocycles. The molecule has 2 rings (SSSR count). The minimum atomic E-state index is -0.0982. The van der Waals surface area contributed by atoms with Gasteiger partial charge >= 0.3 is 0 Å². The summed E-state index contributed by atoms with van der Waals surface area (Å²) in [6.45, 7) is 3.93. The number of likely N-dealkylation sites (tertiary alicyclic amines) is 1. The quantitative estimate of drug-likeness (QED) is 0.317. The molecule has 8 heteroatoms. The summed E-state index contributed by atoms with van der Waals surface area (Å²) in [7, 11) is 3.40. The molecule has 1 heterocycles. The van der Waals surface area contributed by atoms with Crippen molar-refractivity contribution in [1.29, 1.82) is 0 Å². The zero-order valence-electron chi connectivity index (χ0n) is 17.0. The van der Waals surface area contributed by atoms with E-state index in [-0.39, 0.29) is 42.3 Å². The summed E-state index contributed by atoms with van der Waals surface area (Å²) in [5.41, 5.74) is 2.00. The van der Waals surface area contributed by atoms with Crippen LogP contribution in [0.2, 0.25) is 0 Å². The number of amides is 2. The van der Waals surface area contributed by atoms with Gasteiger partial charge in [0.15, 0.2) is 5.96 Å². The molecule has 1 aliphatic heterocycles. The molecule has 3 N–H and O–H groups in total. The number of anilines is 1. The molecule has 1 aromatic carbocycles. The number of rotatable bonds is 6. The van der Waals surface area contributed by atoms with Crippen molar-refractivity contribution in [3.05, 3.63) is 29.8 Å². The number of benzene rings is 1. The number of nitrogens with zero attached hydrogens (tertiary/aromatic N) is 2. The highest BCUT2D eigenvalue weighted by molar-refractivity contribution is 14.0. The summed E-state index contributed by atoms with van der Waals surface area (Å²) in [6.07, 6.45) is 3.41. The first-order valence-electron chi connectivity index (χ1n) is 9.60. The lowest BCUT2D eigenvalue weighted by atomic mass is 9.93. The van der Waals surface area contributed by atoms with Crippen LogP contribution in [0.25, 0.3) is 0 Å². The molecule has 1 aromatic rings. The fourth-order valence-corrected chi connectivity index (χ4v) is 3.28. The van der Waals surface area contributed by atoms with Crippen molar-refractivity contribution in [3.8, 4) is 0 Å². The van der Waals surface area contributed by atoms with Gasteiger partial charge in [-0.3, -0.25) is 14.6 Å². The lowest BCUT2D eigenvalue weighted by molar-refractivity contribution is -0.121. The summed E-state index contributed by atoms with van der Waals surface area (Å²) in [5.74, 6) is 1.14. The van der Waals surface area contributed by atoms with Crippen molar-refractivity contribution in [1.82, 2.24) is 15.5 Å². The van der Waals surface area contributed by atoms with Gasteiger partial charge in [0.25, 0.3) is 0 Å².